The Morgan fingerprint density at radius 1 is 1.33 bits per heavy atom. The van der Waals surface area contributed by atoms with Crippen molar-refractivity contribution in [2.75, 3.05) is 6.54 Å². The third-order valence-corrected chi connectivity index (χ3v) is 3.04. The summed E-state index contributed by atoms with van der Waals surface area (Å²) in [6, 6.07) is -0.828. The van der Waals surface area contributed by atoms with E-state index >= 15 is 0 Å². The average Bonchev–Trinajstić information content (AvgIpc) is 2.86. The topological polar surface area (TPSA) is 77.8 Å². The maximum atomic E-state index is 11.7. The lowest BCUT2D eigenvalue weighted by Crippen LogP contribution is -2.40. The summed E-state index contributed by atoms with van der Waals surface area (Å²) in [4.78, 5) is 23.9. The molecule has 0 radical (unpaired) electrons. The molecule has 1 aliphatic heterocycles. The third kappa shape index (κ3) is 2.28. The predicted molar refractivity (Wildman–Crippen MR) is 51.1 cm³/mol. The van der Waals surface area contributed by atoms with Crippen LogP contribution in [0.1, 0.15) is 25.7 Å². The summed E-state index contributed by atoms with van der Waals surface area (Å²) in [5, 5.41) is 18.3. The number of aliphatic carboxylic acids is 1. The van der Waals surface area contributed by atoms with Crippen LogP contribution in [0, 0.1) is 5.92 Å². The Kier molecular flexibility index (Phi) is 2.65. The van der Waals surface area contributed by atoms with Crippen molar-refractivity contribution in [1.29, 1.82) is 0 Å². The van der Waals surface area contributed by atoms with Gasteiger partial charge in [-0.1, -0.05) is 0 Å². The van der Waals surface area contributed by atoms with Crippen LogP contribution in [0.25, 0.3) is 0 Å². The fourth-order valence-corrected chi connectivity index (χ4v) is 2.01. The van der Waals surface area contributed by atoms with Crippen LogP contribution in [0.4, 0.5) is 0 Å². The van der Waals surface area contributed by atoms with Crippen molar-refractivity contribution >= 4 is 11.9 Å². The summed E-state index contributed by atoms with van der Waals surface area (Å²) < 4.78 is 0. The quantitative estimate of drug-likeness (QED) is 0.682. The number of hydrogen-bond acceptors (Lipinski definition) is 3. The fourth-order valence-electron chi connectivity index (χ4n) is 2.01. The van der Waals surface area contributed by atoms with Gasteiger partial charge in [0, 0.05) is 19.4 Å². The zero-order valence-corrected chi connectivity index (χ0v) is 8.43. The molecule has 1 aliphatic carbocycles. The molecule has 15 heavy (non-hydrogen) atoms. The van der Waals surface area contributed by atoms with Crippen molar-refractivity contribution in [3.63, 3.8) is 0 Å². The maximum absolute atomic E-state index is 11.7. The molecule has 0 aromatic carbocycles. The number of rotatable bonds is 3. The lowest BCUT2D eigenvalue weighted by molar-refractivity contribution is -0.148. The summed E-state index contributed by atoms with van der Waals surface area (Å²) in [7, 11) is 0. The summed E-state index contributed by atoms with van der Waals surface area (Å²) in [6.45, 7) is 0.169. The van der Waals surface area contributed by atoms with Crippen molar-refractivity contribution in [2.45, 2.75) is 37.8 Å². The Balaban J connectivity index is 1.98. The van der Waals surface area contributed by atoms with Crippen LogP contribution in [-0.2, 0) is 9.59 Å². The number of carboxylic acid groups (broad SMARTS) is 1. The first-order valence-corrected chi connectivity index (χ1v) is 5.28. The zero-order valence-electron chi connectivity index (χ0n) is 8.43. The Morgan fingerprint density at radius 2 is 2.00 bits per heavy atom. The fraction of sp³-hybridized carbons (Fsp3) is 0.800. The lowest BCUT2D eigenvalue weighted by Gasteiger charge is -2.20. The predicted octanol–water partition coefficient (Wildman–Crippen LogP) is -0.167. The number of amides is 1. The Labute approximate surface area is 87.7 Å². The molecule has 0 unspecified atom stereocenters. The molecular formula is C10H15NO4. The van der Waals surface area contributed by atoms with Gasteiger partial charge in [0.1, 0.15) is 6.04 Å². The zero-order chi connectivity index (χ0) is 11.0. The molecule has 5 nitrogen and oxygen atoms in total. The number of aliphatic hydroxyl groups is 1. The number of carboxylic acids is 1. The minimum absolute atomic E-state index is 0.124. The Morgan fingerprint density at radius 3 is 2.53 bits per heavy atom. The van der Waals surface area contributed by atoms with Crippen LogP contribution in [0.5, 0.6) is 0 Å². The van der Waals surface area contributed by atoms with Crippen LogP contribution in [0.3, 0.4) is 0 Å². The first-order valence-electron chi connectivity index (χ1n) is 5.28. The molecule has 2 rings (SSSR count). The first-order chi connectivity index (χ1) is 7.08. The van der Waals surface area contributed by atoms with Gasteiger partial charge in [-0.25, -0.2) is 4.79 Å². The molecule has 2 fully saturated rings. The van der Waals surface area contributed by atoms with Crippen molar-refractivity contribution in [3.05, 3.63) is 0 Å². The van der Waals surface area contributed by atoms with Crippen molar-refractivity contribution in [3.8, 4) is 0 Å². The summed E-state index contributed by atoms with van der Waals surface area (Å²) in [6.07, 6.45) is 2.05. The third-order valence-electron chi connectivity index (χ3n) is 3.04. The first kappa shape index (κ1) is 10.4. The highest BCUT2D eigenvalue weighted by atomic mass is 16.4. The number of nitrogens with zero attached hydrogens (tertiary/aromatic N) is 1. The van der Waals surface area contributed by atoms with Gasteiger partial charge in [0.15, 0.2) is 0 Å². The molecule has 2 aliphatic rings. The van der Waals surface area contributed by atoms with Crippen LogP contribution < -0.4 is 0 Å². The number of β-amino-alcohol motifs (C(OH)–C–C–N with tert-alkyl or cyclic N) is 1. The minimum atomic E-state index is -1.02. The second kappa shape index (κ2) is 3.81. The molecule has 0 spiro atoms. The highest BCUT2D eigenvalue weighted by Gasteiger charge is 2.40. The van der Waals surface area contributed by atoms with E-state index in [0.29, 0.717) is 12.3 Å². The maximum Gasteiger partial charge on any atom is 0.326 e. The van der Waals surface area contributed by atoms with Gasteiger partial charge in [-0.3, -0.25) is 4.79 Å². The van der Waals surface area contributed by atoms with Crippen molar-refractivity contribution < 1.29 is 19.8 Å². The SMILES string of the molecule is O=C(O)[C@@H]1C[C@H](O)CN1C(=O)CC1CC1. The molecule has 2 atom stereocenters. The average molecular weight is 213 g/mol. The van der Waals surface area contributed by atoms with E-state index in [0.717, 1.165) is 12.8 Å². The van der Waals surface area contributed by atoms with Gasteiger partial charge in [-0.05, 0) is 18.8 Å². The number of carbonyl (C=O) groups is 2. The van der Waals surface area contributed by atoms with Crippen LogP contribution in [0.15, 0.2) is 0 Å². The van der Waals surface area contributed by atoms with Crippen LogP contribution >= 0.6 is 0 Å². The van der Waals surface area contributed by atoms with E-state index in [2.05, 4.69) is 0 Å². The van der Waals surface area contributed by atoms with Gasteiger partial charge in [0.05, 0.1) is 6.10 Å². The largest absolute Gasteiger partial charge is 0.480 e. The number of hydrogen-bond donors (Lipinski definition) is 2. The highest BCUT2D eigenvalue weighted by molar-refractivity contribution is 5.84. The van der Waals surface area contributed by atoms with Crippen LogP contribution in [0.2, 0.25) is 0 Å². The van der Waals surface area contributed by atoms with E-state index in [9.17, 15) is 14.7 Å². The monoisotopic (exact) mass is 213 g/mol. The molecule has 1 saturated heterocycles. The summed E-state index contributed by atoms with van der Waals surface area (Å²) >= 11 is 0. The van der Waals surface area contributed by atoms with E-state index in [1.807, 2.05) is 0 Å². The lowest BCUT2D eigenvalue weighted by atomic mass is 10.2. The summed E-state index contributed by atoms with van der Waals surface area (Å²) in [5.74, 6) is -0.693. The molecular weight excluding hydrogens is 198 g/mol. The van der Waals surface area contributed by atoms with Gasteiger partial charge < -0.3 is 15.1 Å². The molecule has 1 heterocycles. The highest BCUT2D eigenvalue weighted by Crippen LogP contribution is 2.34. The second-order valence-electron chi connectivity index (χ2n) is 4.44. The van der Waals surface area contributed by atoms with Gasteiger partial charge in [0.2, 0.25) is 5.91 Å². The Hall–Kier alpha value is -1.10. The molecule has 0 aromatic heterocycles. The van der Waals surface area contributed by atoms with E-state index < -0.39 is 18.1 Å². The summed E-state index contributed by atoms with van der Waals surface area (Å²) in [5.41, 5.74) is 0. The number of carbonyl (C=O) groups excluding carboxylic acids is 1. The number of likely N-dealkylation sites (tertiary alicyclic amines) is 1. The van der Waals surface area contributed by atoms with Gasteiger partial charge in [0.25, 0.3) is 0 Å². The van der Waals surface area contributed by atoms with E-state index in [1.165, 1.54) is 4.90 Å². The Bertz CT molecular complexity index is 287. The van der Waals surface area contributed by atoms with Crippen molar-refractivity contribution in [2.24, 2.45) is 5.92 Å². The normalized spacial score (nSPS) is 30.6. The van der Waals surface area contributed by atoms with E-state index in [1.54, 1.807) is 0 Å². The second-order valence-corrected chi connectivity index (χ2v) is 4.44. The standard InChI is InChI=1S/C10H15NO4/c12-7-4-8(10(14)15)11(5-7)9(13)3-6-1-2-6/h6-8,12H,1-5H2,(H,14,15)/t7-,8-/m0/s1. The number of aliphatic hydroxyl groups excluding tert-OH is 1. The molecule has 84 valence electrons. The smallest absolute Gasteiger partial charge is 0.326 e. The molecule has 2 N–H and O–H groups in total. The molecule has 1 amide bonds. The molecule has 1 saturated carbocycles. The van der Waals surface area contributed by atoms with Crippen LogP contribution in [-0.4, -0.2) is 45.7 Å². The van der Waals surface area contributed by atoms with E-state index in [4.69, 9.17) is 5.11 Å². The van der Waals surface area contributed by atoms with Crippen molar-refractivity contribution in [1.82, 2.24) is 4.90 Å². The minimum Gasteiger partial charge on any atom is -0.480 e. The van der Waals surface area contributed by atoms with Gasteiger partial charge in [-0.15, -0.1) is 0 Å². The van der Waals surface area contributed by atoms with Gasteiger partial charge in [-0.2, -0.15) is 0 Å². The van der Waals surface area contributed by atoms with Gasteiger partial charge >= 0.3 is 5.97 Å². The molecule has 0 aromatic rings. The molecule has 5 heteroatoms. The van der Waals surface area contributed by atoms with E-state index in [-0.39, 0.29) is 18.9 Å². The molecule has 0 bridgehead atoms.